The summed E-state index contributed by atoms with van der Waals surface area (Å²) in [5.74, 6) is -2.64. The summed E-state index contributed by atoms with van der Waals surface area (Å²) in [5.41, 5.74) is 2.58. The topological polar surface area (TPSA) is 128 Å². The number of amides is 2. The molecule has 1 aliphatic heterocycles. The number of carbonyl (C=O) groups excluding carboxylic acids is 2. The molecule has 0 spiro atoms. The van der Waals surface area contributed by atoms with Gasteiger partial charge in [0.2, 0.25) is 10.0 Å². The lowest BCUT2D eigenvalue weighted by Gasteiger charge is -2.30. The number of hydrogen-bond donors (Lipinski definition) is 4. The van der Waals surface area contributed by atoms with E-state index in [-0.39, 0.29) is 35.8 Å². The Balaban J connectivity index is 1.58. The number of aryl methyl sites for hydroxylation is 1. The molecule has 2 amide bonds. The van der Waals surface area contributed by atoms with Gasteiger partial charge in [-0.2, -0.15) is 0 Å². The molecule has 45 heavy (non-hydrogen) atoms. The van der Waals surface area contributed by atoms with Crippen LogP contribution in [0.3, 0.4) is 0 Å². The van der Waals surface area contributed by atoms with Crippen LogP contribution in [0.4, 0.5) is 14.5 Å². The summed E-state index contributed by atoms with van der Waals surface area (Å²) in [6, 6.07) is 13.0. The van der Waals surface area contributed by atoms with Gasteiger partial charge in [0, 0.05) is 36.8 Å². The Morgan fingerprint density at radius 2 is 1.64 bits per heavy atom. The molecule has 1 aliphatic rings. The van der Waals surface area contributed by atoms with Crippen molar-refractivity contribution in [3.63, 3.8) is 0 Å². The quantitative estimate of drug-likeness (QED) is 0.220. The molecule has 12 heteroatoms. The van der Waals surface area contributed by atoms with Gasteiger partial charge in [0.25, 0.3) is 11.8 Å². The van der Waals surface area contributed by atoms with Crippen LogP contribution in [0.15, 0.2) is 60.7 Å². The number of anilines is 1. The number of carbonyl (C=O) groups is 2. The van der Waals surface area contributed by atoms with Gasteiger partial charge in [0.05, 0.1) is 29.6 Å². The van der Waals surface area contributed by atoms with Crippen LogP contribution in [-0.2, 0) is 16.4 Å². The number of aliphatic hydroxyl groups excluding tert-OH is 1. The summed E-state index contributed by atoms with van der Waals surface area (Å²) in [4.78, 5) is 28.6. The molecule has 0 unspecified atom stereocenters. The molecule has 0 radical (unpaired) electrons. The highest BCUT2D eigenvalue weighted by molar-refractivity contribution is 7.92. The zero-order chi connectivity index (χ0) is 32.7. The number of hydrogen-bond acceptors (Lipinski definition) is 6. The average Bonchev–Trinajstić information content (AvgIpc) is 2.97. The SMILES string of the molecule is CCCN(CCC)C(=O)c1cc(C)cc(C(=O)N[C@H](Cc2cc(F)cc(F)c2)[C@H](O)CN[C@H]2CS(=O)(=O)Nc3ccccc32)c1. The normalized spacial score (nSPS) is 16.6. The van der Waals surface area contributed by atoms with Gasteiger partial charge < -0.3 is 20.6 Å². The van der Waals surface area contributed by atoms with Crippen LogP contribution in [-0.4, -0.2) is 67.8 Å². The molecule has 0 aromatic heterocycles. The van der Waals surface area contributed by atoms with Crippen molar-refractivity contribution in [2.45, 2.75) is 58.2 Å². The second-order valence-corrected chi connectivity index (χ2v) is 13.2. The molecule has 0 aliphatic carbocycles. The Hall–Kier alpha value is -3.87. The first-order valence-corrected chi connectivity index (χ1v) is 16.7. The number of aliphatic hydroxyl groups is 1. The number of rotatable bonds is 13. The number of nitrogens with one attached hydrogen (secondary N) is 3. The molecule has 4 rings (SSSR count). The summed E-state index contributed by atoms with van der Waals surface area (Å²) in [6.07, 6.45) is 0.158. The van der Waals surface area contributed by atoms with Crippen LogP contribution < -0.4 is 15.4 Å². The van der Waals surface area contributed by atoms with Crippen molar-refractivity contribution >= 4 is 27.5 Å². The van der Waals surface area contributed by atoms with Crippen molar-refractivity contribution < 1.29 is 31.9 Å². The summed E-state index contributed by atoms with van der Waals surface area (Å²) in [7, 11) is -3.63. The van der Waals surface area contributed by atoms with Gasteiger partial charge in [0.15, 0.2) is 0 Å². The number of para-hydroxylation sites is 1. The van der Waals surface area contributed by atoms with E-state index < -0.39 is 45.8 Å². The third-order valence-electron chi connectivity index (χ3n) is 7.58. The molecule has 1 heterocycles. The Bertz CT molecular complexity index is 1610. The van der Waals surface area contributed by atoms with Crippen molar-refractivity contribution in [2.24, 2.45) is 0 Å². The van der Waals surface area contributed by atoms with Crippen LogP contribution >= 0.6 is 0 Å². The fraction of sp³-hybridized carbons (Fsp3) is 0.394. The van der Waals surface area contributed by atoms with E-state index in [2.05, 4.69) is 15.4 Å². The van der Waals surface area contributed by atoms with Gasteiger partial charge >= 0.3 is 0 Å². The van der Waals surface area contributed by atoms with E-state index in [0.29, 0.717) is 35.5 Å². The average molecular weight is 643 g/mol. The van der Waals surface area contributed by atoms with E-state index in [4.69, 9.17) is 0 Å². The molecule has 0 bridgehead atoms. The fourth-order valence-electron chi connectivity index (χ4n) is 5.58. The third-order valence-corrected chi connectivity index (χ3v) is 8.88. The number of benzene rings is 3. The summed E-state index contributed by atoms with van der Waals surface area (Å²) < 4.78 is 55.5. The third kappa shape index (κ3) is 9.09. The molecule has 0 saturated carbocycles. The smallest absolute Gasteiger partial charge is 0.253 e. The number of nitrogens with zero attached hydrogens (tertiary/aromatic N) is 1. The number of fused-ring (bicyclic) bond motifs is 1. The standard InChI is InChI=1S/C33H40F2N4O5S/c1-4-10-39(11-5-2)33(42)24-13-21(3)12-23(17-24)32(41)37-29(16-22-14-25(34)18-26(35)15-22)31(40)19-36-30-20-45(43,44)38-28-9-7-6-8-27(28)30/h6-9,12-15,17-18,29-31,36,38,40H,4-5,10-11,16,19-20H2,1-3H3,(H,37,41)/t29-,30+,31-/m1/s1. The Morgan fingerprint density at radius 3 is 2.31 bits per heavy atom. The lowest BCUT2D eigenvalue weighted by molar-refractivity contribution is 0.0755. The Labute approximate surface area is 263 Å². The molecular formula is C33H40F2N4O5S. The van der Waals surface area contributed by atoms with Crippen molar-refractivity contribution in [2.75, 3.05) is 30.1 Å². The maximum Gasteiger partial charge on any atom is 0.253 e. The lowest BCUT2D eigenvalue weighted by Crippen LogP contribution is -2.50. The summed E-state index contributed by atoms with van der Waals surface area (Å²) in [6.45, 7) is 6.76. The van der Waals surface area contributed by atoms with Crippen LogP contribution in [0.5, 0.6) is 0 Å². The molecule has 4 N–H and O–H groups in total. The van der Waals surface area contributed by atoms with Crippen molar-refractivity contribution in [1.29, 1.82) is 0 Å². The maximum absolute atomic E-state index is 14.0. The predicted molar refractivity (Wildman–Crippen MR) is 170 cm³/mol. The first-order valence-electron chi connectivity index (χ1n) is 15.1. The van der Waals surface area contributed by atoms with E-state index in [1.54, 1.807) is 48.2 Å². The van der Waals surface area contributed by atoms with Crippen LogP contribution in [0, 0.1) is 18.6 Å². The molecule has 0 fully saturated rings. The molecule has 0 saturated heterocycles. The zero-order valence-corrected chi connectivity index (χ0v) is 26.5. The number of halogens is 2. The largest absolute Gasteiger partial charge is 0.390 e. The van der Waals surface area contributed by atoms with Gasteiger partial charge in [-0.25, -0.2) is 17.2 Å². The molecular weight excluding hydrogens is 602 g/mol. The van der Waals surface area contributed by atoms with Crippen molar-refractivity contribution in [3.05, 3.63) is 100 Å². The van der Waals surface area contributed by atoms with Gasteiger partial charge in [-0.15, -0.1) is 0 Å². The van der Waals surface area contributed by atoms with E-state index in [1.807, 2.05) is 13.8 Å². The summed E-state index contributed by atoms with van der Waals surface area (Å²) in [5, 5.41) is 17.2. The molecule has 3 atom stereocenters. The zero-order valence-electron chi connectivity index (χ0n) is 25.6. The van der Waals surface area contributed by atoms with Crippen molar-refractivity contribution in [3.8, 4) is 0 Å². The van der Waals surface area contributed by atoms with E-state index >= 15 is 0 Å². The minimum Gasteiger partial charge on any atom is -0.390 e. The monoisotopic (exact) mass is 642 g/mol. The van der Waals surface area contributed by atoms with Crippen LogP contribution in [0.25, 0.3) is 0 Å². The minimum absolute atomic E-state index is 0.122. The van der Waals surface area contributed by atoms with Crippen LogP contribution in [0.1, 0.15) is 70.1 Å². The van der Waals surface area contributed by atoms with E-state index in [9.17, 15) is 31.9 Å². The Kier molecular flexibility index (Phi) is 11.3. The Morgan fingerprint density at radius 1 is 1.00 bits per heavy atom. The highest BCUT2D eigenvalue weighted by Gasteiger charge is 2.31. The second kappa shape index (κ2) is 14.9. The molecule has 242 valence electrons. The maximum atomic E-state index is 14.0. The summed E-state index contributed by atoms with van der Waals surface area (Å²) >= 11 is 0. The first-order chi connectivity index (χ1) is 21.4. The van der Waals surface area contributed by atoms with E-state index in [0.717, 1.165) is 31.0 Å². The van der Waals surface area contributed by atoms with Gasteiger partial charge in [0.1, 0.15) is 11.6 Å². The van der Waals surface area contributed by atoms with E-state index in [1.165, 1.54) is 6.07 Å². The lowest BCUT2D eigenvalue weighted by atomic mass is 9.98. The minimum atomic E-state index is -3.63. The predicted octanol–water partition coefficient (Wildman–Crippen LogP) is 4.32. The molecule has 3 aromatic rings. The molecule has 3 aromatic carbocycles. The van der Waals surface area contributed by atoms with Gasteiger partial charge in [-0.1, -0.05) is 32.0 Å². The molecule has 9 nitrogen and oxygen atoms in total. The van der Waals surface area contributed by atoms with Gasteiger partial charge in [-0.05, 0) is 79.3 Å². The highest BCUT2D eigenvalue weighted by Crippen LogP contribution is 2.30. The second-order valence-electron chi connectivity index (χ2n) is 11.4. The first kappa shape index (κ1) is 34.0. The van der Waals surface area contributed by atoms with Gasteiger partial charge in [-0.3, -0.25) is 14.3 Å². The fourth-order valence-corrected chi connectivity index (χ4v) is 6.92. The highest BCUT2D eigenvalue weighted by atomic mass is 32.2. The van der Waals surface area contributed by atoms with Crippen LogP contribution in [0.2, 0.25) is 0 Å². The van der Waals surface area contributed by atoms with Crippen molar-refractivity contribution in [1.82, 2.24) is 15.5 Å². The number of sulfonamides is 1.